The molecular weight excluding hydrogens is 471 g/mol. The van der Waals surface area contributed by atoms with Crippen molar-refractivity contribution in [2.24, 2.45) is 5.73 Å². The fraction of sp³-hybridized carbons (Fsp3) is 0.368. The van der Waals surface area contributed by atoms with Crippen LogP contribution in [0, 0.1) is 0 Å². The van der Waals surface area contributed by atoms with Crippen molar-refractivity contribution in [3.8, 4) is 0 Å². The first-order valence-corrected chi connectivity index (χ1v) is 11.6. The third kappa shape index (κ3) is 5.23. The minimum absolute atomic E-state index is 0.0992. The van der Waals surface area contributed by atoms with Crippen LogP contribution in [0.25, 0.3) is 11.2 Å². The topological polar surface area (TPSA) is 218 Å². The van der Waals surface area contributed by atoms with Crippen LogP contribution in [0.1, 0.15) is 11.8 Å². The Morgan fingerprint density at radius 3 is 2.68 bits per heavy atom. The highest BCUT2D eigenvalue weighted by molar-refractivity contribution is 7.46. The smallest absolute Gasteiger partial charge is 0.453 e. The number of hydrogen-bond acceptors (Lipinski definition) is 11. The molecule has 1 aliphatic heterocycles. The molecule has 182 valence electrons. The van der Waals surface area contributed by atoms with E-state index in [4.69, 9.17) is 30.7 Å². The summed E-state index contributed by atoms with van der Waals surface area (Å²) in [6.45, 7) is -0.671. The monoisotopic (exact) mass is 494 g/mol. The van der Waals surface area contributed by atoms with Crippen molar-refractivity contribution in [3.05, 3.63) is 48.5 Å². The molecule has 1 fully saturated rings. The molecule has 5 atom stereocenters. The summed E-state index contributed by atoms with van der Waals surface area (Å²) in [7, 11) is -4.85. The van der Waals surface area contributed by atoms with Crippen molar-refractivity contribution in [1.29, 1.82) is 0 Å². The normalized spacial score (nSPS) is 23.8. The molecule has 0 bridgehead atoms. The van der Waals surface area contributed by atoms with Crippen molar-refractivity contribution in [1.82, 2.24) is 19.5 Å². The zero-order valence-electron chi connectivity index (χ0n) is 17.6. The van der Waals surface area contributed by atoms with Gasteiger partial charge in [0, 0.05) is 0 Å². The number of aliphatic hydroxyl groups is 1. The van der Waals surface area contributed by atoms with Crippen LogP contribution in [-0.2, 0) is 29.8 Å². The standard InChI is InChI=1S/C19H23N6O8P/c20-11(6-10-4-2-1-3-5-10)19(27)33-15-14(26)12(7-31-34(28,29)30)32-18(15)25-9-24-13-16(21)22-8-23-17(13)25/h1-5,8-9,11-12,14-15,18,26H,6-7,20H2,(H2,21,22,23)(H2,28,29,30)/t11-,12+,14+,15+,18+/m0/s1. The maximum Gasteiger partial charge on any atom is 0.469 e. The molecule has 3 heterocycles. The SMILES string of the molecule is Nc1ncnc2c1ncn2[C@@H]1O[C@H](COP(=O)(O)O)[C@@H](O)[C@H]1OC(=O)[C@@H](N)Cc1ccccc1. The first kappa shape index (κ1) is 24.2. The Morgan fingerprint density at radius 1 is 1.24 bits per heavy atom. The lowest BCUT2D eigenvalue weighted by molar-refractivity contribution is -0.160. The lowest BCUT2D eigenvalue weighted by Crippen LogP contribution is -2.42. The number of aromatic nitrogens is 4. The van der Waals surface area contributed by atoms with Crippen LogP contribution >= 0.6 is 7.82 Å². The second kappa shape index (κ2) is 9.72. The number of rotatable bonds is 8. The molecule has 0 aliphatic carbocycles. The van der Waals surface area contributed by atoms with Gasteiger partial charge in [0.25, 0.3) is 0 Å². The zero-order chi connectivity index (χ0) is 24.5. The van der Waals surface area contributed by atoms with Gasteiger partial charge in [-0.3, -0.25) is 13.9 Å². The molecule has 1 aliphatic rings. The Balaban J connectivity index is 1.58. The number of esters is 1. The van der Waals surface area contributed by atoms with E-state index in [9.17, 15) is 14.5 Å². The third-order valence-electron chi connectivity index (χ3n) is 5.23. The van der Waals surface area contributed by atoms with Crippen LogP contribution in [0.2, 0.25) is 0 Å². The molecule has 0 radical (unpaired) electrons. The molecule has 0 amide bonds. The number of imidazole rings is 1. The zero-order valence-corrected chi connectivity index (χ0v) is 18.5. The van der Waals surface area contributed by atoms with E-state index < -0.39 is 51.0 Å². The predicted octanol–water partition coefficient (Wildman–Crippen LogP) is -0.742. The van der Waals surface area contributed by atoms with Crippen LogP contribution in [0.15, 0.2) is 43.0 Å². The van der Waals surface area contributed by atoms with Crippen molar-refractivity contribution in [2.75, 3.05) is 12.3 Å². The largest absolute Gasteiger partial charge is 0.469 e. The predicted molar refractivity (Wildman–Crippen MR) is 116 cm³/mol. The summed E-state index contributed by atoms with van der Waals surface area (Å²) in [5.41, 5.74) is 13.1. The maximum atomic E-state index is 12.8. The number of fused-ring (bicyclic) bond motifs is 1. The summed E-state index contributed by atoms with van der Waals surface area (Å²) in [6.07, 6.45) is -2.56. The second-order valence-electron chi connectivity index (χ2n) is 7.62. The number of phosphoric ester groups is 1. The fourth-order valence-corrected chi connectivity index (χ4v) is 3.95. The molecule has 15 heteroatoms. The highest BCUT2D eigenvalue weighted by Crippen LogP contribution is 2.39. The number of carbonyl (C=O) groups is 1. The second-order valence-corrected chi connectivity index (χ2v) is 8.86. The number of phosphoric acid groups is 1. The van der Waals surface area contributed by atoms with Crippen LogP contribution < -0.4 is 11.5 Å². The number of aliphatic hydroxyl groups excluding tert-OH is 1. The average Bonchev–Trinajstić information content (AvgIpc) is 3.35. The quantitative estimate of drug-likeness (QED) is 0.193. The number of carbonyl (C=O) groups excluding carboxylic acids is 1. The lowest BCUT2D eigenvalue weighted by atomic mass is 10.1. The van der Waals surface area contributed by atoms with E-state index >= 15 is 0 Å². The highest BCUT2D eigenvalue weighted by atomic mass is 31.2. The summed E-state index contributed by atoms with van der Waals surface area (Å²) in [6, 6.07) is 8.01. The Hall–Kier alpha value is -2.97. The Bertz CT molecular complexity index is 1200. The number of anilines is 1. The molecule has 0 unspecified atom stereocenters. The molecule has 7 N–H and O–H groups in total. The first-order chi connectivity index (χ1) is 16.1. The van der Waals surface area contributed by atoms with E-state index in [1.807, 2.05) is 6.07 Å². The molecule has 1 saturated heterocycles. The van der Waals surface area contributed by atoms with Gasteiger partial charge in [-0.1, -0.05) is 30.3 Å². The minimum Gasteiger partial charge on any atom is -0.453 e. The molecule has 3 aromatic rings. The summed E-state index contributed by atoms with van der Waals surface area (Å²) in [4.78, 5) is 42.9. The summed E-state index contributed by atoms with van der Waals surface area (Å²) < 4.78 is 28.3. The van der Waals surface area contributed by atoms with E-state index in [1.54, 1.807) is 24.3 Å². The third-order valence-corrected chi connectivity index (χ3v) is 5.72. The summed E-state index contributed by atoms with van der Waals surface area (Å²) in [5, 5.41) is 10.8. The van der Waals surface area contributed by atoms with Gasteiger partial charge in [0.1, 0.15) is 30.1 Å². The van der Waals surface area contributed by atoms with Crippen LogP contribution in [0.3, 0.4) is 0 Å². The van der Waals surface area contributed by atoms with Crippen LogP contribution in [0.5, 0.6) is 0 Å². The van der Waals surface area contributed by atoms with Gasteiger partial charge < -0.3 is 35.8 Å². The molecule has 1 aromatic carbocycles. The number of ether oxygens (including phenoxy) is 2. The van der Waals surface area contributed by atoms with E-state index in [-0.39, 0.29) is 23.4 Å². The molecule has 34 heavy (non-hydrogen) atoms. The number of nitrogens with zero attached hydrogens (tertiary/aromatic N) is 4. The van der Waals surface area contributed by atoms with Gasteiger partial charge in [0.15, 0.2) is 23.8 Å². The highest BCUT2D eigenvalue weighted by Gasteiger charge is 2.49. The Kier molecular flexibility index (Phi) is 6.91. The van der Waals surface area contributed by atoms with Crippen molar-refractivity contribution in [3.63, 3.8) is 0 Å². The number of benzene rings is 1. The van der Waals surface area contributed by atoms with Gasteiger partial charge in [-0.2, -0.15) is 0 Å². The Morgan fingerprint density at radius 2 is 1.97 bits per heavy atom. The average molecular weight is 494 g/mol. The van der Waals surface area contributed by atoms with Gasteiger partial charge in [0.05, 0.1) is 12.9 Å². The number of hydrogen-bond donors (Lipinski definition) is 5. The van der Waals surface area contributed by atoms with Gasteiger partial charge >= 0.3 is 13.8 Å². The van der Waals surface area contributed by atoms with Gasteiger partial charge in [-0.15, -0.1) is 0 Å². The van der Waals surface area contributed by atoms with E-state index in [2.05, 4.69) is 19.5 Å². The van der Waals surface area contributed by atoms with Gasteiger partial charge in [-0.25, -0.2) is 19.5 Å². The van der Waals surface area contributed by atoms with E-state index in [0.29, 0.717) is 0 Å². The van der Waals surface area contributed by atoms with Crippen LogP contribution in [-0.4, -0.2) is 71.3 Å². The maximum absolute atomic E-state index is 12.8. The summed E-state index contributed by atoms with van der Waals surface area (Å²) >= 11 is 0. The first-order valence-electron chi connectivity index (χ1n) is 10.1. The molecular formula is C19H23N6O8P. The minimum atomic E-state index is -4.85. The fourth-order valence-electron chi connectivity index (χ4n) is 3.61. The van der Waals surface area contributed by atoms with Crippen molar-refractivity contribution in [2.45, 2.75) is 37.0 Å². The van der Waals surface area contributed by atoms with E-state index in [0.717, 1.165) is 5.56 Å². The molecule has 14 nitrogen and oxygen atoms in total. The van der Waals surface area contributed by atoms with Crippen LogP contribution in [0.4, 0.5) is 5.82 Å². The Labute approximate surface area is 192 Å². The van der Waals surface area contributed by atoms with Crippen molar-refractivity contribution >= 4 is 30.8 Å². The molecule has 2 aromatic heterocycles. The van der Waals surface area contributed by atoms with Gasteiger partial charge in [0.2, 0.25) is 0 Å². The number of nitrogens with two attached hydrogens (primary N) is 2. The molecule has 4 rings (SSSR count). The van der Waals surface area contributed by atoms with Crippen molar-refractivity contribution < 1.29 is 38.3 Å². The number of nitrogen functional groups attached to an aromatic ring is 1. The molecule has 0 saturated carbocycles. The lowest BCUT2D eigenvalue weighted by Gasteiger charge is -2.23. The van der Waals surface area contributed by atoms with E-state index in [1.165, 1.54) is 17.2 Å². The summed E-state index contributed by atoms with van der Waals surface area (Å²) in [5.74, 6) is -0.710. The van der Waals surface area contributed by atoms with Gasteiger partial charge in [-0.05, 0) is 12.0 Å². The molecule has 0 spiro atoms.